The van der Waals surface area contributed by atoms with Crippen LogP contribution in [0.5, 0.6) is 0 Å². The van der Waals surface area contributed by atoms with Crippen LogP contribution < -0.4 is 10.6 Å². The molecule has 1 aromatic carbocycles. The van der Waals surface area contributed by atoms with Crippen molar-refractivity contribution in [2.24, 2.45) is 0 Å². The standard InChI is InChI=1S/C16H24N4O2/c1-12-11-19(3)9-10-20(12)14(13-7-5-4-6-8-13)15(21)18-16(22)17-2/h4-8,12,14H,9-11H2,1-3H3,(H2,17,18,21,22)/t12-,14-/m1/s1. The van der Waals surface area contributed by atoms with Gasteiger partial charge in [0.05, 0.1) is 0 Å². The van der Waals surface area contributed by atoms with Gasteiger partial charge in [0.1, 0.15) is 6.04 Å². The molecule has 0 saturated carbocycles. The molecule has 6 nitrogen and oxygen atoms in total. The zero-order chi connectivity index (χ0) is 16.1. The van der Waals surface area contributed by atoms with E-state index in [-0.39, 0.29) is 11.9 Å². The van der Waals surface area contributed by atoms with Gasteiger partial charge in [-0.25, -0.2) is 4.79 Å². The van der Waals surface area contributed by atoms with Gasteiger partial charge in [-0.3, -0.25) is 15.0 Å². The molecule has 0 aliphatic carbocycles. The van der Waals surface area contributed by atoms with Crippen LogP contribution in [0.2, 0.25) is 0 Å². The Hall–Kier alpha value is -1.92. The van der Waals surface area contributed by atoms with Gasteiger partial charge in [0, 0.05) is 32.7 Å². The van der Waals surface area contributed by atoms with Crippen molar-refractivity contribution in [2.75, 3.05) is 33.7 Å². The molecule has 1 aliphatic rings. The average molecular weight is 304 g/mol. The molecule has 0 spiro atoms. The number of piperazine rings is 1. The van der Waals surface area contributed by atoms with Gasteiger partial charge in [0.2, 0.25) is 5.91 Å². The number of amides is 3. The average Bonchev–Trinajstić information content (AvgIpc) is 2.50. The zero-order valence-electron chi connectivity index (χ0n) is 13.4. The predicted molar refractivity (Wildman–Crippen MR) is 85.4 cm³/mol. The van der Waals surface area contributed by atoms with Crippen molar-refractivity contribution < 1.29 is 9.59 Å². The van der Waals surface area contributed by atoms with Crippen LogP contribution in [0.3, 0.4) is 0 Å². The molecule has 1 fully saturated rings. The number of hydrogen-bond acceptors (Lipinski definition) is 4. The molecule has 2 rings (SSSR count). The largest absolute Gasteiger partial charge is 0.341 e. The first-order chi connectivity index (χ1) is 10.5. The third kappa shape index (κ3) is 3.84. The molecule has 0 bridgehead atoms. The second-order valence-corrected chi connectivity index (χ2v) is 5.73. The minimum Gasteiger partial charge on any atom is -0.341 e. The molecule has 6 heteroatoms. The van der Waals surface area contributed by atoms with Gasteiger partial charge in [0.25, 0.3) is 0 Å². The van der Waals surface area contributed by atoms with Gasteiger partial charge >= 0.3 is 6.03 Å². The molecule has 1 heterocycles. The molecular weight excluding hydrogens is 280 g/mol. The van der Waals surface area contributed by atoms with Crippen LogP contribution in [-0.4, -0.2) is 61.5 Å². The molecule has 1 aromatic rings. The van der Waals surface area contributed by atoms with Crippen molar-refractivity contribution in [3.63, 3.8) is 0 Å². The van der Waals surface area contributed by atoms with E-state index >= 15 is 0 Å². The van der Waals surface area contributed by atoms with E-state index in [1.165, 1.54) is 7.05 Å². The monoisotopic (exact) mass is 304 g/mol. The lowest BCUT2D eigenvalue weighted by Crippen LogP contribution is -2.55. The SMILES string of the molecule is CNC(=O)NC(=O)[C@@H](c1ccccc1)N1CCN(C)C[C@H]1C. The second kappa shape index (κ2) is 7.38. The van der Waals surface area contributed by atoms with Crippen LogP contribution in [-0.2, 0) is 4.79 Å². The van der Waals surface area contributed by atoms with Gasteiger partial charge in [-0.1, -0.05) is 30.3 Å². The first-order valence-electron chi connectivity index (χ1n) is 7.54. The Kier molecular flexibility index (Phi) is 5.51. The first kappa shape index (κ1) is 16.5. The van der Waals surface area contributed by atoms with Crippen molar-refractivity contribution in [1.82, 2.24) is 20.4 Å². The van der Waals surface area contributed by atoms with Crippen LogP contribution in [0.4, 0.5) is 4.79 Å². The maximum absolute atomic E-state index is 12.6. The first-order valence-corrected chi connectivity index (χ1v) is 7.54. The minimum atomic E-state index is -0.479. The Morgan fingerprint density at radius 2 is 1.91 bits per heavy atom. The number of rotatable bonds is 3. The number of hydrogen-bond donors (Lipinski definition) is 2. The highest BCUT2D eigenvalue weighted by Crippen LogP contribution is 2.25. The summed E-state index contributed by atoms with van der Waals surface area (Å²) >= 11 is 0. The molecule has 0 unspecified atom stereocenters. The van der Waals surface area contributed by atoms with Gasteiger partial charge in [0.15, 0.2) is 0 Å². The lowest BCUT2D eigenvalue weighted by molar-refractivity contribution is -0.127. The van der Waals surface area contributed by atoms with E-state index in [1.807, 2.05) is 30.3 Å². The number of imide groups is 1. The minimum absolute atomic E-state index is 0.236. The van der Waals surface area contributed by atoms with Crippen molar-refractivity contribution in [1.29, 1.82) is 0 Å². The van der Waals surface area contributed by atoms with Crippen molar-refractivity contribution in [2.45, 2.75) is 19.0 Å². The third-order valence-corrected chi connectivity index (χ3v) is 4.04. The number of benzene rings is 1. The fourth-order valence-corrected chi connectivity index (χ4v) is 2.91. The maximum Gasteiger partial charge on any atom is 0.321 e. The highest BCUT2D eigenvalue weighted by atomic mass is 16.2. The predicted octanol–water partition coefficient (Wildman–Crippen LogP) is 0.819. The fourth-order valence-electron chi connectivity index (χ4n) is 2.91. The van der Waals surface area contributed by atoms with E-state index in [2.05, 4.69) is 34.4 Å². The van der Waals surface area contributed by atoms with Crippen LogP contribution in [0, 0.1) is 0 Å². The van der Waals surface area contributed by atoms with Crippen LogP contribution >= 0.6 is 0 Å². The van der Waals surface area contributed by atoms with Gasteiger partial charge in [-0.05, 0) is 19.5 Å². The summed E-state index contributed by atoms with van der Waals surface area (Å²) in [6.07, 6.45) is 0. The molecule has 2 N–H and O–H groups in total. The number of nitrogens with zero attached hydrogens (tertiary/aromatic N) is 2. The Labute approximate surface area is 131 Å². The zero-order valence-corrected chi connectivity index (χ0v) is 13.4. The quantitative estimate of drug-likeness (QED) is 0.868. The van der Waals surface area contributed by atoms with E-state index < -0.39 is 12.1 Å². The van der Waals surface area contributed by atoms with E-state index in [0.29, 0.717) is 0 Å². The Balaban J connectivity index is 2.25. The summed E-state index contributed by atoms with van der Waals surface area (Å²) in [7, 11) is 3.58. The molecule has 1 aliphatic heterocycles. The highest BCUT2D eigenvalue weighted by molar-refractivity contribution is 5.97. The van der Waals surface area contributed by atoms with Gasteiger partial charge in [-0.2, -0.15) is 0 Å². The highest BCUT2D eigenvalue weighted by Gasteiger charge is 2.34. The van der Waals surface area contributed by atoms with Crippen LogP contribution in [0.25, 0.3) is 0 Å². The second-order valence-electron chi connectivity index (χ2n) is 5.73. The fraction of sp³-hybridized carbons (Fsp3) is 0.500. The number of carbonyl (C=O) groups excluding carboxylic acids is 2. The molecule has 120 valence electrons. The maximum atomic E-state index is 12.6. The van der Waals surface area contributed by atoms with Gasteiger partial charge in [-0.15, -0.1) is 0 Å². The topological polar surface area (TPSA) is 64.7 Å². The summed E-state index contributed by atoms with van der Waals surface area (Å²) in [5.74, 6) is -0.290. The Bertz CT molecular complexity index is 520. The number of nitrogens with one attached hydrogen (secondary N) is 2. The summed E-state index contributed by atoms with van der Waals surface area (Å²) in [4.78, 5) is 28.5. The lowest BCUT2D eigenvalue weighted by Gasteiger charge is -2.42. The smallest absolute Gasteiger partial charge is 0.321 e. The molecule has 1 saturated heterocycles. The molecule has 0 aromatic heterocycles. The third-order valence-electron chi connectivity index (χ3n) is 4.04. The van der Waals surface area contributed by atoms with E-state index in [9.17, 15) is 9.59 Å². The number of urea groups is 1. The normalized spacial score (nSPS) is 21.1. The molecule has 0 radical (unpaired) electrons. The van der Waals surface area contributed by atoms with E-state index in [1.54, 1.807) is 0 Å². The van der Waals surface area contributed by atoms with E-state index in [4.69, 9.17) is 0 Å². The molecule has 22 heavy (non-hydrogen) atoms. The Morgan fingerprint density at radius 3 is 2.50 bits per heavy atom. The summed E-state index contributed by atoms with van der Waals surface area (Å²) in [6.45, 7) is 4.70. The summed E-state index contributed by atoms with van der Waals surface area (Å²) in [6, 6.07) is 8.91. The van der Waals surface area contributed by atoms with Crippen LogP contribution in [0.1, 0.15) is 18.5 Å². The van der Waals surface area contributed by atoms with Crippen molar-refractivity contribution >= 4 is 11.9 Å². The number of likely N-dealkylation sites (N-methyl/N-ethyl adjacent to an activating group) is 1. The van der Waals surface area contributed by atoms with E-state index in [0.717, 1.165) is 25.2 Å². The lowest BCUT2D eigenvalue weighted by atomic mass is 10.0. The van der Waals surface area contributed by atoms with Crippen molar-refractivity contribution in [3.05, 3.63) is 35.9 Å². The molecular formula is C16H24N4O2. The summed E-state index contributed by atoms with van der Waals surface area (Å²) in [5, 5.41) is 4.84. The molecule has 2 atom stereocenters. The van der Waals surface area contributed by atoms with Crippen LogP contribution in [0.15, 0.2) is 30.3 Å². The Morgan fingerprint density at radius 1 is 1.23 bits per heavy atom. The van der Waals surface area contributed by atoms with Gasteiger partial charge < -0.3 is 10.2 Å². The van der Waals surface area contributed by atoms with Crippen molar-refractivity contribution in [3.8, 4) is 0 Å². The number of carbonyl (C=O) groups is 2. The summed E-state index contributed by atoms with van der Waals surface area (Å²) in [5.41, 5.74) is 0.903. The summed E-state index contributed by atoms with van der Waals surface area (Å²) < 4.78 is 0. The molecule has 3 amide bonds.